The number of aromatic nitrogens is 1. The van der Waals surface area contributed by atoms with Crippen LogP contribution >= 0.6 is 11.6 Å². The maximum absolute atomic E-state index is 12.3. The van der Waals surface area contributed by atoms with Crippen molar-refractivity contribution in [2.75, 3.05) is 17.2 Å². The Morgan fingerprint density at radius 1 is 1.17 bits per heavy atom. The zero-order valence-corrected chi connectivity index (χ0v) is 15.9. The molecular formula is C20H16ClN5O3. The molecular weight excluding hydrogens is 394 g/mol. The summed E-state index contributed by atoms with van der Waals surface area (Å²) in [6.07, 6.45) is 1.35. The first-order valence-corrected chi connectivity index (χ1v) is 8.94. The molecule has 0 aliphatic rings. The lowest BCUT2D eigenvalue weighted by Gasteiger charge is -2.13. The van der Waals surface area contributed by atoms with Crippen LogP contribution in [-0.2, 0) is 11.3 Å². The number of nitrogens with zero attached hydrogens (tertiary/aromatic N) is 2. The molecule has 0 radical (unpaired) electrons. The molecule has 2 aromatic carbocycles. The highest BCUT2D eigenvalue weighted by Crippen LogP contribution is 2.18. The van der Waals surface area contributed by atoms with Crippen LogP contribution in [-0.4, -0.2) is 23.5 Å². The lowest BCUT2D eigenvalue weighted by Crippen LogP contribution is -2.25. The summed E-state index contributed by atoms with van der Waals surface area (Å²) in [5.41, 5.74) is 2.14. The Bertz CT molecular complexity index is 1060. The molecule has 0 atom stereocenters. The van der Waals surface area contributed by atoms with Crippen LogP contribution in [0.5, 0.6) is 0 Å². The summed E-state index contributed by atoms with van der Waals surface area (Å²) < 4.78 is 4.66. The molecule has 0 aliphatic carbocycles. The minimum absolute atomic E-state index is 0.0586. The van der Waals surface area contributed by atoms with Crippen molar-refractivity contribution in [3.63, 3.8) is 0 Å². The van der Waals surface area contributed by atoms with Gasteiger partial charge in [-0.3, -0.25) is 9.59 Å². The van der Waals surface area contributed by atoms with Gasteiger partial charge in [0.05, 0.1) is 18.2 Å². The third-order valence-corrected chi connectivity index (χ3v) is 4.14. The third-order valence-electron chi connectivity index (χ3n) is 3.91. The Balaban J connectivity index is 1.66. The third kappa shape index (κ3) is 5.57. The van der Waals surface area contributed by atoms with E-state index in [4.69, 9.17) is 16.9 Å². The quantitative estimate of drug-likeness (QED) is 0.551. The number of benzene rings is 2. The van der Waals surface area contributed by atoms with Crippen molar-refractivity contribution in [3.05, 3.63) is 76.5 Å². The van der Waals surface area contributed by atoms with Crippen molar-refractivity contribution >= 4 is 34.9 Å². The zero-order valence-electron chi connectivity index (χ0n) is 15.1. The van der Waals surface area contributed by atoms with Crippen LogP contribution in [0.4, 0.5) is 11.5 Å². The van der Waals surface area contributed by atoms with Gasteiger partial charge in [-0.25, -0.2) is 0 Å². The molecule has 1 aromatic heterocycles. The topological polar surface area (TPSA) is 120 Å². The number of carbonyl (C=O) groups excluding carboxylic acids is 2. The van der Waals surface area contributed by atoms with Gasteiger partial charge in [0, 0.05) is 28.9 Å². The van der Waals surface area contributed by atoms with Crippen LogP contribution in [0.2, 0.25) is 5.02 Å². The fraction of sp³-hybridized carbons (Fsp3) is 0.100. The molecule has 0 spiro atoms. The second-order valence-electron chi connectivity index (χ2n) is 5.96. The van der Waals surface area contributed by atoms with E-state index in [-0.39, 0.29) is 24.9 Å². The molecule has 2 amide bonds. The van der Waals surface area contributed by atoms with E-state index in [1.165, 1.54) is 12.3 Å². The minimum atomic E-state index is -0.338. The first-order chi connectivity index (χ1) is 14.0. The first-order valence-electron chi connectivity index (χ1n) is 8.56. The van der Waals surface area contributed by atoms with Crippen LogP contribution in [0.25, 0.3) is 0 Å². The Hall–Kier alpha value is -3.83. The van der Waals surface area contributed by atoms with Crippen LogP contribution in [0, 0.1) is 11.3 Å². The van der Waals surface area contributed by atoms with Crippen molar-refractivity contribution in [1.82, 2.24) is 10.5 Å². The molecule has 0 fully saturated rings. The number of rotatable bonds is 7. The van der Waals surface area contributed by atoms with E-state index in [2.05, 4.69) is 31.7 Å². The lowest BCUT2D eigenvalue weighted by atomic mass is 10.1. The van der Waals surface area contributed by atoms with Crippen LogP contribution in [0.3, 0.4) is 0 Å². The van der Waals surface area contributed by atoms with Crippen LogP contribution in [0.15, 0.2) is 59.3 Å². The maximum atomic E-state index is 12.3. The van der Waals surface area contributed by atoms with Gasteiger partial charge in [-0.15, -0.1) is 0 Å². The number of halogens is 1. The number of hydrogen-bond acceptors (Lipinski definition) is 6. The number of nitrogens with one attached hydrogen (secondary N) is 3. The Kier molecular flexibility index (Phi) is 6.45. The fourth-order valence-corrected chi connectivity index (χ4v) is 2.70. The Morgan fingerprint density at radius 2 is 2.03 bits per heavy atom. The van der Waals surface area contributed by atoms with E-state index in [0.29, 0.717) is 33.2 Å². The summed E-state index contributed by atoms with van der Waals surface area (Å²) >= 11 is 5.92. The highest BCUT2D eigenvalue weighted by Gasteiger charge is 2.11. The minimum Gasteiger partial charge on any atom is -0.376 e. The average molecular weight is 410 g/mol. The van der Waals surface area contributed by atoms with Crippen molar-refractivity contribution < 1.29 is 14.1 Å². The summed E-state index contributed by atoms with van der Waals surface area (Å²) in [5.74, 6) is -0.321. The molecule has 3 rings (SSSR count). The van der Waals surface area contributed by atoms with Gasteiger partial charge in [-0.2, -0.15) is 5.26 Å². The maximum Gasteiger partial charge on any atom is 0.251 e. The second kappa shape index (κ2) is 9.39. The Morgan fingerprint density at radius 3 is 2.76 bits per heavy atom. The van der Waals surface area contributed by atoms with E-state index in [1.807, 2.05) is 0 Å². The van der Waals surface area contributed by atoms with Crippen molar-refractivity contribution in [2.24, 2.45) is 0 Å². The smallest absolute Gasteiger partial charge is 0.251 e. The molecule has 0 saturated heterocycles. The standard InChI is InChI=1S/C20H16ClN5O3/c21-16-3-1-2-14(9-16)20(28)24-11-15-5-4-13(10-22)8-17(15)23-12-19(27)25-18-6-7-29-26-18/h1-9,23H,11-12H2,(H,24,28)(H,25,26,27). The van der Waals surface area contributed by atoms with Gasteiger partial charge in [0.2, 0.25) is 5.91 Å². The number of hydrogen-bond donors (Lipinski definition) is 3. The Labute approximate surface area is 171 Å². The molecule has 0 unspecified atom stereocenters. The largest absolute Gasteiger partial charge is 0.376 e. The lowest BCUT2D eigenvalue weighted by molar-refractivity contribution is -0.114. The van der Waals surface area contributed by atoms with E-state index in [1.54, 1.807) is 42.5 Å². The van der Waals surface area contributed by atoms with Gasteiger partial charge in [0.25, 0.3) is 5.91 Å². The van der Waals surface area contributed by atoms with Crippen molar-refractivity contribution in [1.29, 1.82) is 5.26 Å². The SMILES string of the molecule is N#Cc1ccc(CNC(=O)c2cccc(Cl)c2)c(NCC(=O)Nc2ccon2)c1. The predicted octanol–water partition coefficient (Wildman–Crippen LogP) is 3.18. The molecule has 3 aromatic rings. The van der Waals surface area contributed by atoms with Gasteiger partial charge in [0.15, 0.2) is 5.82 Å². The summed E-state index contributed by atoms with van der Waals surface area (Å²) in [4.78, 5) is 24.4. The molecule has 3 N–H and O–H groups in total. The number of amides is 2. The number of anilines is 2. The van der Waals surface area contributed by atoms with Gasteiger partial charge in [-0.1, -0.05) is 28.9 Å². The van der Waals surface area contributed by atoms with E-state index in [0.717, 1.165) is 0 Å². The molecule has 0 saturated carbocycles. The molecule has 8 nitrogen and oxygen atoms in total. The summed E-state index contributed by atoms with van der Waals surface area (Å²) in [6, 6.07) is 15.2. The van der Waals surface area contributed by atoms with E-state index >= 15 is 0 Å². The van der Waals surface area contributed by atoms with Gasteiger partial charge >= 0.3 is 0 Å². The molecule has 0 bridgehead atoms. The molecule has 146 valence electrons. The molecule has 9 heteroatoms. The number of carbonyl (C=O) groups is 2. The summed E-state index contributed by atoms with van der Waals surface area (Å²) in [7, 11) is 0. The van der Waals surface area contributed by atoms with E-state index < -0.39 is 0 Å². The average Bonchev–Trinajstić information content (AvgIpc) is 3.23. The van der Waals surface area contributed by atoms with Crippen molar-refractivity contribution in [3.8, 4) is 6.07 Å². The monoisotopic (exact) mass is 409 g/mol. The van der Waals surface area contributed by atoms with E-state index in [9.17, 15) is 9.59 Å². The van der Waals surface area contributed by atoms with Crippen LogP contribution < -0.4 is 16.0 Å². The van der Waals surface area contributed by atoms with Gasteiger partial charge < -0.3 is 20.5 Å². The normalized spacial score (nSPS) is 10.1. The molecule has 0 aliphatic heterocycles. The van der Waals surface area contributed by atoms with Crippen molar-refractivity contribution in [2.45, 2.75) is 6.54 Å². The predicted molar refractivity (Wildman–Crippen MR) is 107 cm³/mol. The highest BCUT2D eigenvalue weighted by molar-refractivity contribution is 6.30. The van der Waals surface area contributed by atoms with Gasteiger partial charge in [0.1, 0.15) is 6.26 Å². The first kappa shape index (κ1) is 19.9. The molecule has 1 heterocycles. The zero-order chi connectivity index (χ0) is 20.6. The molecule has 29 heavy (non-hydrogen) atoms. The summed E-state index contributed by atoms with van der Waals surface area (Å²) in [6.45, 7) is 0.140. The van der Waals surface area contributed by atoms with Gasteiger partial charge in [-0.05, 0) is 35.9 Å². The van der Waals surface area contributed by atoms with Crippen LogP contribution in [0.1, 0.15) is 21.5 Å². The summed E-state index contributed by atoms with van der Waals surface area (Å²) in [5, 5.41) is 21.6. The second-order valence-corrected chi connectivity index (χ2v) is 6.40. The highest BCUT2D eigenvalue weighted by atomic mass is 35.5. The number of nitriles is 1. The fourth-order valence-electron chi connectivity index (χ4n) is 2.51.